The summed E-state index contributed by atoms with van der Waals surface area (Å²) in [5.74, 6) is -0.298. The molecule has 0 unspecified atom stereocenters. The van der Waals surface area contributed by atoms with Gasteiger partial charge in [-0.1, -0.05) is 20.8 Å². The second-order valence-electron chi connectivity index (χ2n) is 4.33. The maximum atomic E-state index is 11.2. The number of methoxy groups -OCH3 is 2. The normalized spacial score (nSPS) is 11.9. The summed E-state index contributed by atoms with van der Waals surface area (Å²) < 4.78 is 14.8. The lowest BCUT2D eigenvalue weighted by molar-refractivity contribution is -0.161. The minimum absolute atomic E-state index is 0.00863. The minimum Gasteiger partial charge on any atom is -0.465 e. The fraction of sp³-hybridized carbons (Fsp3) is 0.900. The number of hydrogen-bond donors (Lipinski definition) is 0. The highest BCUT2D eigenvalue weighted by atomic mass is 16.7. The van der Waals surface area contributed by atoms with E-state index in [1.807, 2.05) is 20.8 Å². The Kier molecular flexibility index (Phi) is 5.72. The zero-order valence-electron chi connectivity index (χ0n) is 9.62. The van der Waals surface area contributed by atoms with Gasteiger partial charge in [0.15, 0.2) is 6.29 Å². The average molecular weight is 204 g/mol. The predicted molar refractivity (Wildman–Crippen MR) is 52.8 cm³/mol. The van der Waals surface area contributed by atoms with Crippen LogP contribution in [0, 0.1) is 5.41 Å². The van der Waals surface area contributed by atoms with Gasteiger partial charge in [-0.25, -0.2) is 0 Å². The van der Waals surface area contributed by atoms with E-state index in [4.69, 9.17) is 14.2 Å². The van der Waals surface area contributed by atoms with Crippen LogP contribution < -0.4 is 0 Å². The molecule has 0 spiro atoms. The highest BCUT2D eigenvalue weighted by Gasteiger charge is 2.17. The van der Waals surface area contributed by atoms with Crippen LogP contribution in [0.5, 0.6) is 0 Å². The van der Waals surface area contributed by atoms with Gasteiger partial charge < -0.3 is 14.2 Å². The van der Waals surface area contributed by atoms with Crippen LogP contribution in [0.15, 0.2) is 0 Å². The number of rotatable bonds is 5. The van der Waals surface area contributed by atoms with E-state index >= 15 is 0 Å². The van der Waals surface area contributed by atoms with Gasteiger partial charge >= 0.3 is 5.97 Å². The molecule has 0 aliphatic rings. The highest BCUT2D eigenvalue weighted by Crippen LogP contribution is 2.13. The lowest BCUT2D eigenvalue weighted by atomic mass is 9.99. The molecule has 0 amide bonds. The summed E-state index contributed by atoms with van der Waals surface area (Å²) in [5, 5.41) is 0. The molecule has 0 saturated heterocycles. The monoisotopic (exact) mass is 204 g/mol. The van der Waals surface area contributed by atoms with Gasteiger partial charge in [-0.15, -0.1) is 0 Å². The van der Waals surface area contributed by atoms with E-state index in [-0.39, 0.29) is 17.8 Å². The van der Waals surface area contributed by atoms with Crippen molar-refractivity contribution in [3.63, 3.8) is 0 Å². The van der Waals surface area contributed by atoms with E-state index in [0.717, 1.165) is 0 Å². The average Bonchev–Trinajstić information content (AvgIpc) is 2.09. The summed E-state index contributed by atoms with van der Waals surface area (Å²) in [5.41, 5.74) is -0.00863. The lowest BCUT2D eigenvalue weighted by Gasteiger charge is -2.19. The molecule has 0 N–H and O–H groups in total. The fourth-order valence-electron chi connectivity index (χ4n) is 0.755. The summed E-state index contributed by atoms with van der Waals surface area (Å²) >= 11 is 0. The zero-order chi connectivity index (χ0) is 11.2. The Bertz CT molecular complexity index is 167. The van der Waals surface area contributed by atoms with E-state index in [0.29, 0.717) is 6.61 Å². The lowest BCUT2D eigenvalue weighted by Crippen LogP contribution is -2.23. The van der Waals surface area contributed by atoms with Crippen molar-refractivity contribution < 1.29 is 19.0 Å². The first kappa shape index (κ1) is 13.4. The summed E-state index contributed by atoms with van der Waals surface area (Å²) in [6, 6.07) is 0. The molecule has 14 heavy (non-hydrogen) atoms. The molecule has 0 fully saturated rings. The van der Waals surface area contributed by atoms with E-state index in [1.165, 1.54) is 14.2 Å². The van der Waals surface area contributed by atoms with E-state index in [9.17, 15) is 4.79 Å². The van der Waals surface area contributed by atoms with Crippen molar-refractivity contribution in [2.75, 3.05) is 20.8 Å². The van der Waals surface area contributed by atoms with Crippen molar-refractivity contribution in [1.82, 2.24) is 0 Å². The van der Waals surface area contributed by atoms with Crippen molar-refractivity contribution in [2.24, 2.45) is 5.41 Å². The van der Waals surface area contributed by atoms with Crippen molar-refractivity contribution >= 4 is 5.97 Å². The van der Waals surface area contributed by atoms with Crippen molar-refractivity contribution in [3.8, 4) is 0 Å². The van der Waals surface area contributed by atoms with Crippen LogP contribution in [0.25, 0.3) is 0 Å². The minimum atomic E-state index is -0.512. The molecule has 0 saturated carbocycles. The number of carbonyl (C=O) groups excluding carboxylic acids is 1. The number of carbonyl (C=O) groups is 1. The zero-order valence-corrected chi connectivity index (χ0v) is 9.62. The van der Waals surface area contributed by atoms with Crippen LogP contribution in [-0.2, 0) is 19.0 Å². The smallest absolute Gasteiger partial charge is 0.310 e. The molecule has 0 radical (unpaired) electrons. The molecular formula is C10H20O4. The molecule has 4 heteroatoms. The maximum Gasteiger partial charge on any atom is 0.310 e. The third kappa shape index (κ3) is 6.86. The summed E-state index contributed by atoms with van der Waals surface area (Å²) in [7, 11) is 2.98. The first-order valence-electron chi connectivity index (χ1n) is 4.60. The van der Waals surface area contributed by atoms with Gasteiger partial charge in [-0.2, -0.15) is 0 Å². The molecular weight excluding hydrogens is 184 g/mol. The maximum absolute atomic E-state index is 11.2. The van der Waals surface area contributed by atoms with Crippen molar-refractivity contribution in [2.45, 2.75) is 33.5 Å². The van der Waals surface area contributed by atoms with Crippen molar-refractivity contribution in [3.05, 3.63) is 0 Å². The van der Waals surface area contributed by atoms with Crippen LogP contribution in [0.1, 0.15) is 27.2 Å². The molecule has 0 atom stereocenters. The number of esters is 1. The first-order valence-corrected chi connectivity index (χ1v) is 4.60. The number of ether oxygens (including phenoxy) is 3. The van der Waals surface area contributed by atoms with Gasteiger partial charge in [0.25, 0.3) is 0 Å². The van der Waals surface area contributed by atoms with E-state index in [1.54, 1.807) is 0 Å². The topological polar surface area (TPSA) is 44.8 Å². The summed E-state index contributed by atoms with van der Waals surface area (Å²) in [6.45, 7) is 6.42. The third-order valence-electron chi connectivity index (χ3n) is 1.53. The van der Waals surface area contributed by atoms with Gasteiger partial charge in [-0.05, 0) is 5.41 Å². The number of hydrogen-bond acceptors (Lipinski definition) is 4. The largest absolute Gasteiger partial charge is 0.465 e. The molecule has 0 bridgehead atoms. The van der Waals surface area contributed by atoms with E-state index in [2.05, 4.69) is 0 Å². The highest BCUT2D eigenvalue weighted by molar-refractivity contribution is 5.69. The summed E-state index contributed by atoms with van der Waals surface area (Å²) in [4.78, 5) is 11.2. The van der Waals surface area contributed by atoms with Crippen LogP contribution >= 0.6 is 0 Å². The van der Waals surface area contributed by atoms with Gasteiger partial charge in [0.05, 0.1) is 13.0 Å². The molecule has 0 aliphatic carbocycles. The molecule has 0 aromatic heterocycles. The molecule has 0 aliphatic heterocycles. The Hall–Kier alpha value is -0.610. The van der Waals surface area contributed by atoms with Crippen molar-refractivity contribution in [1.29, 1.82) is 0 Å². The van der Waals surface area contributed by atoms with Crippen LogP contribution in [0.4, 0.5) is 0 Å². The molecule has 84 valence electrons. The van der Waals surface area contributed by atoms with Crippen LogP contribution in [0.2, 0.25) is 0 Å². The fourth-order valence-corrected chi connectivity index (χ4v) is 0.755. The molecule has 0 heterocycles. The van der Waals surface area contributed by atoms with E-state index < -0.39 is 6.29 Å². The second kappa shape index (κ2) is 5.98. The SMILES string of the molecule is COC(CC(=O)OCC(C)(C)C)OC. The Balaban J connectivity index is 3.75. The van der Waals surface area contributed by atoms with Gasteiger partial charge in [0, 0.05) is 14.2 Å². The van der Waals surface area contributed by atoms with Gasteiger partial charge in [0.1, 0.15) is 0 Å². The van der Waals surface area contributed by atoms with Gasteiger partial charge in [-0.3, -0.25) is 4.79 Å². The Morgan fingerprint density at radius 2 is 1.71 bits per heavy atom. The molecule has 4 nitrogen and oxygen atoms in total. The molecule has 0 aromatic rings. The Morgan fingerprint density at radius 1 is 1.21 bits per heavy atom. The predicted octanol–water partition coefficient (Wildman–Crippen LogP) is 1.58. The molecule has 0 aromatic carbocycles. The Labute approximate surface area is 85.5 Å². The van der Waals surface area contributed by atoms with Gasteiger partial charge in [0.2, 0.25) is 0 Å². The Morgan fingerprint density at radius 3 is 2.07 bits per heavy atom. The summed E-state index contributed by atoms with van der Waals surface area (Å²) in [6.07, 6.45) is -0.384. The second-order valence-corrected chi connectivity index (χ2v) is 4.33. The standard InChI is InChI=1S/C10H20O4/c1-10(2,3)7-14-8(11)6-9(12-4)13-5/h9H,6-7H2,1-5H3. The quantitative estimate of drug-likeness (QED) is 0.504. The third-order valence-corrected chi connectivity index (χ3v) is 1.53. The van der Waals surface area contributed by atoms with Crippen LogP contribution in [-0.4, -0.2) is 33.1 Å². The molecule has 0 rings (SSSR count). The van der Waals surface area contributed by atoms with Crippen LogP contribution in [0.3, 0.4) is 0 Å². The first-order chi connectivity index (χ1) is 6.39.